The summed E-state index contributed by atoms with van der Waals surface area (Å²) in [4.78, 5) is 34.7. The number of hydrogen-bond acceptors (Lipinski definition) is 6. The highest BCUT2D eigenvalue weighted by molar-refractivity contribution is 5.72. The molecule has 0 aromatic rings. The third-order valence-electron chi connectivity index (χ3n) is 4.91. The lowest BCUT2D eigenvalue weighted by atomic mass is 9.94. The SMILES string of the molecule is C.C.CCOC(=O)CC1CCN(C(N)=O)CC1.CCOC(=O)CC1CCNCC1. The van der Waals surface area contributed by atoms with Crippen LogP contribution in [0.4, 0.5) is 4.79 Å². The van der Waals surface area contributed by atoms with Crippen molar-refractivity contribution in [3.8, 4) is 0 Å². The third-order valence-corrected chi connectivity index (χ3v) is 4.91. The molecule has 0 atom stereocenters. The van der Waals surface area contributed by atoms with Crippen LogP contribution in [-0.2, 0) is 19.1 Å². The molecule has 0 aromatic carbocycles. The molecule has 2 amide bonds. The highest BCUT2D eigenvalue weighted by Crippen LogP contribution is 2.20. The second kappa shape index (κ2) is 17.1. The van der Waals surface area contributed by atoms with Crippen LogP contribution >= 0.6 is 0 Å². The van der Waals surface area contributed by atoms with E-state index in [1.807, 2.05) is 6.92 Å². The number of carbonyl (C=O) groups excluding carboxylic acids is 3. The molecule has 2 rings (SSSR count). The lowest BCUT2D eigenvalue weighted by Gasteiger charge is -2.30. The summed E-state index contributed by atoms with van der Waals surface area (Å²) >= 11 is 0. The van der Waals surface area contributed by atoms with E-state index in [9.17, 15) is 14.4 Å². The van der Waals surface area contributed by atoms with Crippen LogP contribution in [0.1, 0.15) is 67.2 Å². The van der Waals surface area contributed by atoms with Crippen molar-refractivity contribution in [2.45, 2.75) is 67.2 Å². The molecule has 2 saturated heterocycles. The first-order chi connectivity index (χ1) is 13.0. The highest BCUT2D eigenvalue weighted by atomic mass is 16.5. The van der Waals surface area contributed by atoms with Crippen LogP contribution in [0.3, 0.4) is 0 Å². The molecule has 2 fully saturated rings. The summed E-state index contributed by atoms with van der Waals surface area (Å²) in [5.41, 5.74) is 5.16. The molecule has 8 nitrogen and oxygen atoms in total. The van der Waals surface area contributed by atoms with E-state index in [1.54, 1.807) is 11.8 Å². The second-order valence-electron chi connectivity index (χ2n) is 6.98. The van der Waals surface area contributed by atoms with E-state index in [0.717, 1.165) is 38.8 Å². The normalized spacial score (nSPS) is 17.0. The number of carbonyl (C=O) groups is 3. The molecule has 0 spiro atoms. The van der Waals surface area contributed by atoms with E-state index in [1.165, 1.54) is 0 Å². The molecule has 2 heterocycles. The molecule has 0 bridgehead atoms. The number of nitrogens with zero attached hydrogens (tertiary/aromatic N) is 1. The molecule has 0 radical (unpaired) electrons. The maximum Gasteiger partial charge on any atom is 0.314 e. The van der Waals surface area contributed by atoms with Gasteiger partial charge in [-0.25, -0.2) is 4.79 Å². The largest absolute Gasteiger partial charge is 0.466 e. The molecule has 0 aromatic heterocycles. The lowest BCUT2D eigenvalue weighted by molar-refractivity contribution is -0.145. The molecule has 172 valence electrons. The van der Waals surface area contributed by atoms with Crippen molar-refractivity contribution in [3.05, 3.63) is 0 Å². The zero-order valence-electron chi connectivity index (χ0n) is 16.7. The molecule has 0 aliphatic carbocycles. The maximum atomic E-state index is 11.2. The monoisotopic (exact) mass is 417 g/mol. The smallest absolute Gasteiger partial charge is 0.314 e. The zero-order valence-corrected chi connectivity index (χ0v) is 16.7. The van der Waals surface area contributed by atoms with Gasteiger partial charge >= 0.3 is 18.0 Å². The van der Waals surface area contributed by atoms with E-state index in [2.05, 4.69) is 5.32 Å². The molecular formula is C21H43N3O5. The number of rotatable bonds is 6. The molecule has 0 unspecified atom stereocenters. The first kappa shape index (κ1) is 29.4. The van der Waals surface area contributed by atoms with E-state index in [0.29, 0.717) is 51.0 Å². The number of piperidine rings is 2. The van der Waals surface area contributed by atoms with Gasteiger partial charge in [0.05, 0.1) is 13.2 Å². The van der Waals surface area contributed by atoms with Gasteiger partial charge in [0.15, 0.2) is 0 Å². The summed E-state index contributed by atoms with van der Waals surface area (Å²) in [6.07, 6.45) is 4.96. The fraction of sp³-hybridized carbons (Fsp3) is 0.857. The Kier molecular flexibility index (Phi) is 17.3. The van der Waals surface area contributed by atoms with Gasteiger partial charge in [-0.05, 0) is 64.5 Å². The molecule has 2 aliphatic rings. The minimum atomic E-state index is -0.371. The number of ether oxygens (including phenoxy) is 2. The van der Waals surface area contributed by atoms with E-state index in [4.69, 9.17) is 15.2 Å². The number of primary amides is 1. The zero-order chi connectivity index (χ0) is 20.1. The summed E-state index contributed by atoms with van der Waals surface area (Å²) in [6, 6.07) is -0.371. The number of hydrogen-bond donors (Lipinski definition) is 2. The average molecular weight is 418 g/mol. The van der Waals surface area contributed by atoms with Crippen LogP contribution in [-0.4, -0.2) is 62.3 Å². The molecule has 2 aliphatic heterocycles. The van der Waals surface area contributed by atoms with Gasteiger partial charge in [-0.15, -0.1) is 0 Å². The number of likely N-dealkylation sites (tertiary alicyclic amines) is 1. The van der Waals surface area contributed by atoms with Crippen LogP contribution < -0.4 is 11.1 Å². The van der Waals surface area contributed by atoms with Crippen molar-refractivity contribution in [3.63, 3.8) is 0 Å². The maximum absolute atomic E-state index is 11.2. The Morgan fingerprint density at radius 3 is 1.66 bits per heavy atom. The van der Waals surface area contributed by atoms with E-state index < -0.39 is 0 Å². The number of urea groups is 1. The average Bonchev–Trinajstić information content (AvgIpc) is 2.64. The Balaban J connectivity index is 0. The van der Waals surface area contributed by atoms with Gasteiger partial charge in [0.25, 0.3) is 0 Å². The predicted octanol–water partition coefficient (Wildman–Crippen LogP) is 2.94. The Bertz CT molecular complexity index is 459. The molecule has 8 heteroatoms. The summed E-state index contributed by atoms with van der Waals surface area (Å²) < 4.78 is 9.76. The predicted molar refractivity (Wildman–Crippen MR) is 115 cm³/mol. The summed E-state index contributed by atoms with van der Waals surface area (Å²) in [6.45, 7) is 7.98. The van der Waals surface area contributed by atoms with Crippen molar-refractivity contribution in [2.75, 3.05) is 39.4 Å². The van der Waals surface area contributed by atoms with Gasteiger partial charge in [-0.3, -0.25) is 9.59 Å². The molecule has 29 heavy (non-hydrogen) atoms. The van der Waals surface area contributed by atoms with Crippen LogP contribution in [0.15, 0.2) is 0 Å². The molecular weight excluding hydrogens is 374 g/mol. The molecule has 0 saturated carbocycles. The number of amides is 2. The van der Waals surface area contributed by atoms with Gasteiger partial charge in [-0.2, -0.15) is 0 Å². The first-order valence-electron chi connectivity index (χ1n) is 10.0. The quantitative estimate of drug-likeness (QED) is 0.643. The van der Waals surface area contributed by atoms with E-state index in [-0.39, 0.29) is 32.8 Å². The van der Waals surface area contributed by atoms with Crippen molar-refractivity contribution >= 4 is 18.0 Å². The van der Waals surface area contributed by atoms with Gasteiger partial charge in [-0.1, -0.05) is 14.9 Å². The van der Waals surface area contributed by atoms with E-state index >= 15 is 0 Å². The summed E-state index contributed by atoms with van der Waals surface area (Å²) in [7, 11) is 0. The van der Waals surface area contributed by atoms with Gasteiger partial charge < -0.3 is 25.4 Å². The highest BCUT2D eigenvalue weighted by Gasteiger charge is 2.23. The minimum Gasteiger partial charge on any atom is -0.466 e. The number of nitrogens with one attached hydrogen (secondary N) is 1. The Labute approximate surface area is 176 Å². The van der Waals surface area contributed by atoms with Gasteiger partial charge in [0.2, 0.25) is 0 Å². The topological polar surface area (TPSA) is 111 Å². The minimum absolute atomic E-state index is 0. The number of esters is 2. The Morgan fingerprint density at radius 1 is 0.862 bits per heavy atom. The first-order valence-corrected chi connectivity index (χ1v) is 10.0. The van der Waals surface area contributed by atoms with Crippen molar-refractivity contribution in [1.29, 1.82) is 0 Å². The molecule has 3 N–H and O–H groups in total. The standard InChI is InChI=1S/C10H18N2O3.C9H17NO2.2CH4/c1-2-15-9(13)7-8-3-5-12(6-4-8)10(11)14;1-2-12-9(11)7-8-3-5-10-6-4-8;;/h8H,2-7H2,1H3,(H2,11,14);8,10H,2-7H2,1H3;2*1H4. The lowest BCUT2D eigenvalue weighted by Crippen LogP contribution is -2.42. The van der Waals surface area contributed by atoms with Gasteiger partial charge in [0, 0.05) is 25.9 Å². The van der Waals surface area contributed by atoms with Crippen molar-refractivity contribution in [2.24, 2.45) is 17.6 Å². The number of nitrogens with two attached hydrogens (primary N) is 1. The van der Waals surface area contributed by atoms with Gasteiger partial charge in [0.1, 0.15) is 0 Å². The Morgan fingerprint density at radius 2 is 1.28 bits per heavy atom. The third kappa shape index (κ3) is 13.1. The van der Waals surface area contributed by atoms with Crippen LogP contribution in [0, 0.1) is 11.8 Å². The van der Waals surface area contributed by atoms with Crippen LogP contribution in [0.5, 0.6) is 0 Å². The summed E-state index contributed by atoms with van der Waals surface area (Å²) in [5, 5.41) is 3.27. The van der Waals surface area contributed by atoms with Crippen LogP contribution in [0.25, 0.3) is 0 Å². The summed E-state index contributed by atoms with van der Waals surface area (Å²) in [5.74, 6) is 0.698. The fourth-order valence-corrected chi connectivity index (χ4v) is 3.35. The van der Waals surface area contributed by atoms with Crippen molar-refractivity contribution in [1.82, 2.24) is 10.2 Å². The van der Waals surface area contributed by atoms with Crippen LogP contribution in [0.2, 0.25) is 0 Å². The van der Waals surface area contributed by atoms with Crippen molar-refractivity contribution < 1.29 is 23.9 Å². The fourth-order valence-electron chi connectivity index (χ4n) is 3.35. The second-order valence-corrected chi connectivity index (χ2v) is 6.98. The Hall–Kier alpha value is -1.83.